The van der Waals surface area contributed by atoms with Crippen molar-refractivity contribution in [2.24, 2.45) is 11.8 Å². The van der Waals surface area contributed by atoms with Crippen molar-refractivity contribution in [3.63, 3.8) is 0 Å². The first-order valence-electron chi connectivity index (χ1n) is 5.75. The van der Waals surface area contributed by atoms with Gasteiger partial charge in [-0.15, -0.1) is 0 Å². The maximum atomic E-state index is 11.1. The van der Waals surface area contributed by atoms with Gasteiger partial charge in [0.15, 0.2) is 0 Å². The number of hydrogen-bond acceptors (Lipinski definition) is 2. The van der Waals surface area contributed by atoms with E-state index in [9.17, 15) is 4.79 Å². The zero-order valence-corrected chi connectivity index (χ0v) is 8.54. The highest BCUT2D eigenvalue weighted by Crippen LogP contribution is 2.33. The fourth-order valence-electron chi connectivity index (χ4n) is 3.00. The van der Waals surface area contributed by atoms with Crippen LogP contribution in [-0.4, -0.2) is 23.7 Å². The molecule has 0 unspecified atom stereocenters. The quantitative estimate of drug-likeness (QED) is 0.707. The normalized spacial score (nSPS) is 34.6. The molecule has 0 spiro atoms. The molecule has 1 aliphatic carbocycles. The first-order valence-corrected chi connectivity index (χ1v) is 5.75. The van der Waals surface area contributed by atoms with Crippen LogP contribution in [0.15, 0.2) is 0 Å². The Bertz CT molecular complexity index is 211. The molecule has 1 aliphatic heterocycles. The van der Waals surface area contributed by atoms with Gasteiger partial charge in [-0.1, -0.05) is 12.8 Å². The molecule has 0 radical (unpaired) electrons. The van der Waals surface area contributed by atoms with Crippen LogP contribution < -0.4 is 5.32 Å². The van der Waals surface area contributed by atoms with Gasteiger partial charge in [0.05, 0.1) is 5.92 Å². The molecule has 2 N–H and O–H groups in total. The minimum Gasteiger partial charge on any atom is -0.481 e. The lowest BCUT2D eigenvalue weighted by molar-refractivity contribution is -0.144. The molecule has 14 heavy (non-hydrogen) atoms. The summed E-state index contributed by atoms with van der Waals surface area (Å²) in [6.07, 6.45) is 6.90. The lowest BCUT2D eigenvalue weighted by atomic mass is 9.82. The van der Waals surface area contributed by atoms with Crippen LogP contribution in [0.3, 0.4) is 0 Å². The number of carboxylic acids is 1. The van der Waals surface area contributed by atoms with Crippen LogP contribution in [-0.2, 0) is 4.79 Å². The third-order valence-electron chi connectivity index (χ3n) is 3.73. The molecule has 3 heteroatoms. The zero-order valence-electron chi connectivity index (χ0n) is 8.54. The van der Waals surface area contributed by atoms with Gasteiger partial charge in [0, 0.05) is 6.04 Å². The summed E-state index contributed by atoms with van der Waals surface area (Å²) in [5, 5.41) is 12.5. The second kappa shape index (κ2) is 4.30. The lowest BCUT2D eigenvalue weighted by Crippen LogP contribution is -2.48. The molecular weight excluding hydrogens is 178 g/mol. The van der Waals surface area contributed by atoms with Crippen molar-refractivity contribution in [1.29, 1.82) is 0 Å². The minimum atomic E-state index is -0.603. The number of hydrogen-bond donors (Lipinski definition) is 2. The van der Waals surface area contributed by atoms with E-state index in [1.54, 1.807) is 0 Å². The Labute approximate surface area is 84.9 Å². The van der Waals surface area contributed by atoms with Gasteiger partial charge in [0.25, 0.3) is 0 Å². The lowest BCUT2D eigenvalue weighted by Gasteiger charge is -2.34. The third-order valence-corrected chi connectivity index (χ3v) is 3.73. The molecule has 0 aromatic heterocycles. The smallest absolute Gasteiger partial charge is 0.308 e. The van der Waals surface area contributed by atoms with Crippen LogP contribution in [0.4, 0.5) is 0 Å². The number of aliphatic carboxylic acids is 1. The monoisotopic (exact) mass is 197 g/mol. The van der Waals surface area contributed by atoms with Crippen molar-refractivity contribution in [2.45, 2.75) is 44.6 Å². The van der Waals surface area contributed by atoms with Crippen molar-refractivity contribution in [3.8, 4) is 0 Å². The summed E-state index contributed by atoms with van der Waals surface area (Å²) in [5.41, 5.74) is 0. The molecule has 0 aromatic carbocycles. The minimum absolute atomic E-state index is 0.133. The first-order chi connectivity index (χ1) is 6.79. The predicted octanol–water partition coefficient (Wildman–Crippen LogP) is 1.63. The van der Waals surface area contributed by atoms with Crippen LogP contribution in [0.1, 0.15) is 38.5 Å². The van der Waals surface area contributed by atoms with E-state index in [0.29, 0.717) is 5.92 Å². The second-order valence-electron chi connectivity index (χ2n) is 4.61. The molecule has 0 amide bonds. The van der Waals surface area contributed by atoms with E-state index in [0.717, 1.165) is 19.4 Å². The Morgan fingerprint density at radius 1 is 1.14 bits per heavy atom. The molecule has 80 valence electrons. The maximum Gasteiger partial charge on any atom is 0.308 e. The molecule has 2 fully saturated rings. The summed E-state index contributed by atoms with van der Waals surface area (Å²) in [7, 11) is 0. The molecule has 3 nitrogen and oxygen atoms in total. The van der Waals surface area contributed by atoms with Crippen LogP contribution in [0, 0.1) is 11.8 Å². The second-order valence-corrected chi connectivity index (χ2v) is 4.61. The summed E-state index contributed by atoms with van der Waals surface area (Å²) < 4.78 is 0. The first kappa shape index (κ1) is 9.97. The SMILES string of the molecule is O=C(O)[C@@H]1CCCN[C@@H]1C1CCCC1. The third kappa shape index (κ3) is 1.92. The molecule has 1 heterocycles. The van der Waals surface area contributed by atoms with Crippen molar-refractivity contribution in [3.05, 3.63) is 0 Å². The highest BCUT2D eigenvalue weighted by atomic mass is 16.4. The molecule has 1 saturated carbocycles. The van der Waals surface area contributed by atoms with Gasteiger partial charge in [-0.05, 0) is 38.1 Å². The van der Waals surface area contributed by atoms with Crippen LogP contribution in [0.5, 0.6) is 0 Å². The van der Waals surface area contributed by atoms with Gasteiger partial charge in [-0.2, -0.15) is 0 Å². The summed E-state index contributed by atoms with van der Waals surface area (Å²) in [5.74, 6) is -0.114. The summed E-state index contributed by atoms with van der Waals surface area (Å²) >= 11 is 0. The van der Waals surface area contributed by atoms with E-state index in [-0.39, 0.29) is 12.0 Å². The molecular formula is C11H19NO2. The predicted molar refractivity (Wildman–Crippen MR) is 54.1 cm³/mol. The molecule has 1 saturated heterocycles. The largest absolute Gasteiger partial charge is 0.481 e. The number of carbonyl (C=O) groups is 1. The van der Waals surface area contributed by atoms with E-state index in [4.69, 9.17) is 5.11 Å². The Morgan fingerprint density at radius 2 is 1.86 bits per heavy atom. The van der Waals surface area contributed by atoms with Gasteiger partial charge >= 0.3 is 5.97 Å². The standard InChI is InChI=1S/C11H19NO2/c13-11(14)9-6-3-7-12-10(9)8-4-1-2-5-8/h8-10,12H,1-7H2,(H,13,14)/t9-,10-/m1/s1. The maximum absolute atomic E-state index is 11.1. The van der Waals surface area contributed by atoms with Crippen molar-refractivity contribution in [2.75, 3.05) is 6.54 Å². The highest BCUT2D eigenvalue weighted by Gasteiger charge is 2.36. The fourth-order valence-corrected chi connectivity index (χ4v) is 3.00. The van der Waals surface area contributed by atoms with Crippen LogP contribution >= 0.6 is 0 Å². The van der Waals surface area contributed by atoms with Crippen molar-refractivity contribution >= 4 is 5.97 Å². The van der Waals surface area contributed by atoms with Crippen LogP contribution in [0.2, 0.25) is 0 Å². The number of rotatable bonds is 2. The van der Waals surface area contributed by atoms with Crippen LogP contribution in [0.25, 0.3) is 0 Å². The summed E-state index contributed by atoms with van der Waals surface area (Å²) in [6, 6.07) is 0.253. The summed E-state index contributed by atoms with van der Waals surface area (Å²) in [6.45, 7) is 1.00. The number of carboxylic acid groups (broad SMARTS) is 1. The van der Waals surface area contributed by atoms with Gasteiger partial charge in [-0.3, -0.25) is 4.79 Å². The molecule has 0 bridgehead atoms. The average Bonchev–Trinajstić information content (AvgIpc) is 2.70. The average molecular weight is 197 g/mol. The van der Waals surface area contributed by atoms with E-state index in [2.05, 4.69) is 5.32 Å². The van der Waals surface area contributed by atoms with E-state index in [1.165, 1.54) is 25.7 Å². The van der Waals surface area contributed by atoms with E-state index >= 15 is 0 Å². The van der Waals surface area contributed by atoms with Gasteiger partial charge in [0.2, 0.25) is 0 Å². The number of piperidine rings is 1. The molecule has 2 aliphatic rings. The Kier molecular flexibility index (Phi) is 3.06. The zero-order chi connectivity index (χ0) is 9.97. The Hall–Kier alpha value is -0.570. The topological polar surface area (TPSA) is 49.3 Å². The molecule has 0 aromatic rings. The van der Waals surface area contributed by atoms with Gasteiger partial charge in [0.1, 0.15) is 0 Å². The molecule has 2 rings (SSSR count). The van der Waals surface area contributed by atoms with Gasteiger partial charge in [-0.25, -0.2) is 0 Å². The summed E-state index contributed by atoms with van der Waals surface area (Å²) in [4.78, 5) is 11.1. The molecule has 2 atom stereocenters. The van der Waals surface area contributed by atoms with E-state index in [1.807, 2.05) is 0 Å². The Morgan fingerprint density at radius 3 is 2.50 bits per heavy atom. The Balaban J connectivity index is 2.01. The van der Waals surface area contributed by atoms with Gasteiger partial charge < -0.3 is 10.4 Å². The number of nitrogens with one attached hydrogen (secondary N) is 1. The van der Waals surface area contributed by atoms with E-state index < -0.39 is 5.97 Å². The highest BCUT2D eigenvalue weighted by molar-refractivity contribution is 5.71. The fraction of sp³-hybridized carbons (Fsp3) is 0.909. The van der Waals surface area contributed by atoms with Crippen molar-refractivity contribution in [1.82, 2.24) is 5.32 Å². The van der Waals surface area contributed by atoms with Crippen molar-refractivity contribution < 1.29 is 9.90 Å².